The summed E-state index contributed by atoms with van der Waals surface area (Å²) in [6, 6.07) is 5.45. The second-order valence-electron chi connectivity index (χ2n) is 4.67. The van der Waals surface area contributed by atoms with Crippen molar-refractivity contribution in [1.29, 1.82) is 0 Å². The van der Waals surface area contributed by atoms with Crippen LogP contribution in [0.25, 0.3) is 0 Å². The van der Waals surface area contributed by atoms with E-state index in [4.69, 9.17) is 10.5 Å². The average Bonchev–Trinajstić information content (AvgIpc) is 2.26. The monoisotopic (exact) mass is 271 g/mol. The lowest BCUT2D eigenvalue weighted by molar-refractivity contribution is 0.411. The van der Waals surface area contributed by atoms with Crippen molar-refractivity contribution in [2.45, 2.75) is 32.1 Å². The van der Waals surface area contributed by atoms with Crippen molar-refractivity contribution in [3.8, 4) is 5.75 Å². The number of sulfone groups is 1. The van der Waals surface area contributed by atoms with Crippen molar-refractivity contribution >= 4 is 9.84 Å². The summed E-state index contributed by atoms with van der Waals surface area (Å²) in [5.74, 6) is 0.733. The van der Waals surface area contributed by atoms with Crippen LogP contribution in [0.3, 0.4) is 0 Å². The Bertz CT molecular complexity index is 495. The first-order valence-electron chi connectivity index (χ1n) is 5.93. The maximum absolute atomic E-state index is 12.0. The molecule has 0 bridgehead atoms. The first-order valence-corrected chi connectivity index (χ1v) is 7.75. The minimum atomic E-state index is -3.14. The largest absolute Gasteiger partial charge is 0.496 e. The van der Waals surface area contributed by atoms with Crippen LogP contribution in [0.15, 0.2) is 18.2 Å². The lowest BCUT2D eigenvalue weighted by Gasteiger charge is -2.11. The molecule has 0 amide bonds. The van der Waals surface area contributed by atoms with Crippen LogP contribution in [0.2, 0.25) is 0 Å². The Morgan fingerprint density at radius 2 is 2.06 bits per heavy atom. The van der Waals surface area contributed by atoms with Crippen molar-refractivity contribution in [2.24, 2.45) is 5.73 Å². The van der Waals surface area contributed by atoms with Gasteiger partial charge in [0.1, 0.15) is 5.75 Å². The van der Waals surface area contributed by atoms with E-state index >= 15 is 0 Å². The van der Waals surface area contributed by atoms with Crippen LogP contribution >= 0.6 is 0 Å². The van der Waals surface area contributed by atoms with Gasteiger partial charge in [-0.2, -0.15) is 0 Å². The summed E-state index contributed by atoms with van der Waals surface area (Å²) >= 11 is 0. The SMILES string of the molecule is COc1ccc(C)cc1CS(=O)(=O)CCC(C)N. The predicted molar refractivity (Wildman–Crippen MR) is 73.5 cm³/mol. The molecular formula is C13H21NO3S. The van der Waals surface area contributed by atoms with Crippen molar-refractivity contribution in [3.05, 3.63) is 29.3 Å². The molecular weight excluding hydrogens is 250 g/mol. The molecule has 0 heterocycles. The first kappa shape index (κ1) is 15.0. The highest BCUT2D eigenvalue weighted by Crippen LogP contribution is 2.22. The summed E-state index contributed by atoms with van der Waals surface area (Å²) in [5, 5.41) is 0. The predicted octanol–water partition coefficient (Wildman–Crippen LogP) is 1.66. The van der Waals surface area contributed by atoms with Crippen molar-refractivity contribution in [1.82, 2.24) is 0 Å². The molecule has 0 radical (unpaired) electrons. The van der Waals surface area contributed by atoms with Gasteiger partial charge in [-0.25, -0.2) is 8.42 Å². The molecule has 102 valence electrons. The fraction of sp³-hybridized carbons (Fsp3) is 0.538. The van der Waals surface area contributed by atoms with Crippen LogP contribution in [-0.2, 0) is 15.6 Å². The lowest BCUT2D eigenvalue weighted by atomic mass is 10.1. The number of aryl methyl sites for hydroxylation is 1. The zero-order valence-corrected chi connectivity index (χ0v) is 12.0. The van der Waals surface area contributed by atoms with Gasteiger partial charge >= 0.3 is 0 Å². The van der Waals surface area contributed by atoms with Gasteiger partial charge in [0.2, 0.25) is 0 Å². The van der Waals surface area contributed by atoms with Crippen LogP contribution < -0.4 is 10.5 Å². The maximum Gasteiger partial charge on any atom is 0.154 e. The zero-order valence-electron chi connectivity index (χ0n) is 11.1. The van der Waals surface area contributed by atoms with Crippen LogP contribution in [0.5, 0.6) is 5.75 Å². The zero-order chi connectivity index (χ0) is 13.8. The number of benzene rings is 1. The molecule has 1 aromatic rings. The molecule has 5 heteroatoms. The normalized spacial score (nSPS) is 13.3. The van der Waals surface area contributed by atoms with Gasteiger partial charge in [0, 0.05) is 11.6 Å². The number of ether oxygens (including phenoxy) is 1. The number of nitrogens with two attached hydrogens (primary N) is 1. The van der Waals surface area contributed by atoms with Crippen LogP contribution in [0.1, 0.15) is 24.5 Å². The van der Waals surface area contributed by atoms with Gasteiger partial charge in [0.25, 0.3) is 0 Å². The molecule has 0 fully saturated rings. The Hall–Kier alpha value is -1.07. The molecule has 4 nitrogen and oxygen atoms in total. The van der Waals surface area contributed by atoms with Gasteiger partial charge in [-0.1, -0.05) is 17.7 Å². The molecule has 0 aromatic heterocycles. The van der Waals surface area contributed by atoms with Gasteiger partial charge in [0.05, 0.1) is 18.6 Å². The smallest absolute Gasteiger partial charge is 0.154 e. The Labute approximate surface area is 109 Å². The quantitative estimate of drug-likeness (QED) is 0.854. The summed E-state index contributed by atoms with van der Waals surface area (Å²) in [5.41, 5.74) is 7.32. The van der Waals surface area contributed by atoms with Crippen LogP contribution in [0, 0.1) is 6.92 Å². The Morgan fingerprint density at radius 1 is 1.39 bits per heavy atom. The average molecular weight is 271 g/mol. The molecule has 1 unspecified atom stereocenters. The van der Waals surface area contributed by atoms with E-state index in [9.17, 15) is 8.42 Å². The highest BCUT2D eigenvalue weighted by Gasteiger charge is 2.16. The van der Waals surface area contributed by atoms with E-state index in [0.717, 1.165) is 5.56 Å². The van der Waals surface area contributed by atoms with E-state index in [1.165, 1.54) is 0 Å². The number of methoxy groups -OCH3 is 1. The molecule has 1 atom stereocenters. The minimum absolute atomic E-state index is 0.00454. The number of hydrogen-bond donors (Lipinski definition) is 1. The van der Waals surface area contributed by atoms with Gasteiger partial charge in [-0.15, -0.1) is 0 Å². The highest BCUT2D eigenvalue weighted by molar-refractivity contribution is 7.90. The van der Waals surface area contributed by atoms with E-state index in [-0.39, 0.29) is 17.5 Å². The number of hydrogen-bond acceptors (Lipinski definition) is 4. The van der Waals surface area contributed by atoms with Crippen molar-refractivity contribution in [3.63, 3.8) is 0 Å². The summed E-state index contributed by atoms with van der Waals surface area (Å²) < 4.78 is 29.1. The fourth-order valence-corrected chi connectivity index (χ4v) is 3.27. The standard InChI is InChI=1S/C13H21NO3S/c1-10-4-5-13(17-3)12(8-10)9-18(15,16)7-6-11(2)14/h4-5,8,11H,6-7,9,14H2,1-3H3. The molecule has 0 aliphatic heterocycles. The van der Waals surface area contributed by atoms with Gasteiger partial charge in [0.15, 0.2) is 9.84 Å². The molecule has 0 spiro atoms. The lowest BCUT2D eigenvalue weighted by Crippen LogP contribution is -2.21. The van der Waals surface area contributed by atoms with Crippen molar-refractivity contribution in [2.75, 3.05) is 12.9 Å². The third-order valence-electron chi connectivity index (χ3n) is 2.70. The van der Waals surface area contributed by atoms with Gasteiger partial charge in [-0.3, -0.25) is 0 Å². The summed E-state index contributed by atoms with van der Waals surface area (Å²) in [6.45, 7) is 3.74. The minimum Gasteiger partial charge on any atom is -0.496 e. The topological polar surface area (TPSA) is 69.4 Å². The van der Waals surface area contributed by atoms with Crippen LogP contribution in [0.4, 0.5) is 0 Å². The third kappa shape index (κ3) is 4.66. The van der Waals surface area contributed by atoms with Crippen molar-refractivity contribution < 1.29 is 13.2 Å². The Balaban J connectivity index is 2.86. The van der Waals surface area contributed by atoms with E-state index in [2.05, 4.69) is 0 Å². The number of rotatable bonds is 6. The molecule has 0 aliphatic rings. The third-order valence-corrected chi connectivity index (χ3v) is 4.30. The fourth-order valence-electron chi connectivity index (χ4n) is 1.69. The Kier molecular flexibility index (Phi) is 5.16. The van der Waals surface area contributed by atoms with E-state index in [1.54, 1.807) is 13.2 Å². The maximum atomic E-state index is 12.0. The van der Waals surface area contributed by atoms with Crippen LogP contribution in [-0.4, -0.2) is 27.3 Å². The second-order valence-corrected chi connectivity index (χ2v) is 6.86. The van der Waals surface area contributed by atoms with E-state index < -0.39 is 9.84 Å². The highest BCUT2D eigenvalue weighted by atomic mass is 32.2. The van der Waals surface area contributed by atoms with Gasteiger partial charge < -0.3 is 10.5 Å². The first-order chi connectivity index (χ1) is 8.34. The molecule has 1 rings (SSSR count). The Morgan fingerprint density at radius 3 is 2.61 bits per heavy atom. The summed E-state index contributed by atoms with van der Waals surface area (Å²) in [6.07, 6.45) is 0.483. The molecule has 2 N–H and O–H groups in total. The summed E-state index contributed by atoms with van der Waals surface area (Å²) in [7, 11) is -1.59. The second kappa shape index (κ2) is 6.20. The van der Waals surface area contributed by atoms with Gasteiger partial charge in [-0.05, 0) is 26.3 Å². The van der Waals surface area contributed by atoms with E-state index in [1.807, 2.05) is 26.0 Å². The molecule has 0 saturated heterocycles. The molecule has 1 aromatic carbocycles. The molecule has 18 heavy (non-hydrogen) atoms. The molecule has 0 aliphatic carbocycles. The molecule has 0 saturated carbocycles. The van der Waals surface area contributed by atoms with E-state index in [0.29, 0.717) is 17.7 Å². The summed E-state index contributed by atoms with van der Waals surface area (Å²) in [4.78, 5) is 0.